The van der Waals surface area contributed by atoms with Gasteiger partial charge in [0.1, 0.15) is 5.75 Å². The molecule has 0 aliphatic carbocycles. The smallest absolute Gasteiger partial charge is 0.240 e. The van der Waals surface area contributed by atoms with Gasteiger partial charge in [-0.2, -0.15) is 0 Å². The highest BCUT2D eigenvalue weighted by Gasteiger charge is 2.15. The lowest BCUT2D eigenvalue weighted by molar-refractivity contribution is -0.130. The van der Waals surface area contributed by atoms with Gasteiger partial charge >= 0.3 is 0 Å². The Labute approximate surface area is 119 Å². The van der Waals surface area contributed by atoms with Crippen LogP contribution in [0, 0.1) is 0 Å². The zero-order chi connectivity index (χ0) is 15.2. The van der Waals surface area contributed by atoms with Crippen molar-refractivity contribution in [2.45, 2.75) is 25.2 Å². The maximum atomic E-state index is 11.9. The monoisotopic (exact) mass is 300 g/mol. The summed E-state index contributed by atoms with van der Waals surface area (Å²) in [5.41, 5.74) is 0. The van der Waals surface area contributed by atoms with Crippen molar-refractivity contribution in [1.82, 2.24) is 9.62 Å². The highest BCUT2D eigenvalue weighted by molar-refractivity contribution is 7.89. The number of aromatic hydroxyl groups is 1. The molecule has 0 fully saturated rings. The molecular formula is C13H20N2O4S. The first-order valence-electron chi connectivity index (χ1n) is 6.47. The van der Waals surface area contributed by atoms with Crippen LogP contribution in [0.4, 0.5) is 0 Å². The third kappa shape index (κ3) is 4.50. The van der Waals surface area contributed by atoms with Crippen LogP contribution < -0.4 is 4.72 Å². The number of nitrogens with zero attached hydrogens (tertiary/aromatic N) is 1. The van der Waals surface area contributed by atoms with Crippen LogP contribution in [0.5, 0.6) is 5.75 Å². The number of amides is 1. The molecule has 0 radical (unpaired) electrons. The van der Waals surface area contributed by atoms with E-state index in [1.807, 2.05) is 13.8 Å². The first-order chi connectivity index (χ1) is 9.40. The minimum Gasteiger partial charge on any atom is -0.508 e. The standard InChI is InChI=1S/C13H20N2O4S/c1-3-15(4-2)13(17)8-9-14-20(18,19)12-7-5-6-11(16)10-12/h5-7,10,14,16H,3-4,8-9H2,1-2H3. The maximum Gasteiger partial charge on any atom is 0.240 e. The van der Waals surface area contributed by atoms with Gasteiger partial charge in [-0.3, -0.25) is 4.79 Å². The maximum absolute atomic E-state index is 11.9. The second-order valence-corrected chi connectivity index (χ2v) is 5.98. The Bertz CT molecular complexity index is 553. The fourth-order valence-corrected chi connectivity index (χ4v) is 2.83. The van der Waals surface area contributed by atoms with Gasteiger partial charge < -0.3 is 10.0 Å². The Hall–Kier alpha value is -1.60. The molecule has 7 heteroatoms. The number of phenols is 1. The quantitative estimate of drug-likeness (QED) is 0.784. The fraction of sp³-hybridized carbons (Fsp3) is 0.462. The predicted molar refractivity (Wildman–Crippen MR) is 75.8 cm³/mol. The largest absolute Gasteiger partial charge is 0.508 e. The zero-order valence-electron chi connectivity index (χ0n) is 11.7. The van der Waals surface area contributed by atoms with Crippen molar-refractivity contribution in [2.24, 2.45) is 0 Å². The Balaban J connectivity index is 2.59. The van der Waals surface area contributed by atoms with Crippen LogP contribution in [0.2, 0.25) is 0 Å². The lowest BCUT2D eigenvalue weighted by Gasteiger charge is -2.18. The summed E-state index contributed by atoms with van der Waals surface area (Å²) < 4.78 is 26.2. The summed E-state index contributed by atoms with van der Waals surface area (Å²) >= 11 is 0. The first-order valence-corrected chi connectivity index (χ1v) is 7.95. The van der Waals surface area contributed by atoms with Crippen molar-refractivity contribution in [3.05, 3.63) is 24.3 Å². The Morgan fingerprint density at radius 2 is 1.95 bits per heavy atom. The van der Waals surface area contributed by atoms with E-state index in [1.165, 1.54) is 18.2 Å². The topological polar surface area (TPSA) is 86.7 Å². The Kier molecular flexibility index (Phi) is 5.97. The van der Waals surface area contributed by atoms with Crippen molar-refractivity contribution < 1.29 is 18.3 Å². The van der Waals surface area contributed by atoms with E-state index < -0.39 is 10.0 Å². The average Bonchev–Trinajstić information content (AvgIpc) is 2.40. The lowest BCUT2D eigenvalue weighted by Crippen LogP contribution is -2.34. The number of hydrogen-bond donors (Lipinski definition) is 2. The van der Waals surface area contributed by atoms with E-state index in [-0.39, 0.29) is 29.5 Å². The van der Waals surface area contributed by atoms with Gasteiger partial charge in [0, 0.05) is 26.1 Å². The molecule has 1 aromatic carbocycles. The van der Waals surface area contributed by atoms with Crippen LogP contribution in [-0.4, -0.2) is 44.0 Å². The van der Waals surface area contributed by atoms with Crippen LogP contribution in [0.1, 0.15) is 20.3 Å². The van der Waals surface area contributed by atoms with Gasteiger partial charge in [-0.25, -0.2) is 13.1 Å². The van der Waals surface area contributed by atoms with Gasteiger partial charge in [0.05, 0.1) is 4.90 Å². The van der Waals surface area contributed by atoms with Crippen LogP contribution in [0.15, 0.2) is 29.2 Å². The number of rotatable bonds is 7. The number of sulfonamides is 1. The minimum atomic E-state index is -3.70. The molecule has 0 unspecified atom stereocenters. The van der Waals surface area contributed by atoms with Gasteiger partial charge in [0.15, 0.2) is 0 Å². The molecule has 0 aromatic heterocycles. The Morgan fingerprint density at radius 1 is 1.30 bits per heavy atom. The average molecular weight is 300 g/mol. The molecule has 1 amide bonds. The zero-order valence-corrected chi connectivity index (χ0v) is 12.5. The summed E-state index contributed by atoms with van der Waals surface area (Å²) in [5, 5.41) is 9.27. The summed E-state index contributed by atoms with van der Waals surface area (Å²) in [6.07, 6.45) is 0.111. The highest BCUT2D eigenvalue weighted by atomic mass is 32.2. The van der Waals surface area contributed by atoms with Crippen molar-refractivity contribution in [3.63, 3.8) is 0 Å². The van der Waals surface area contributed by atoms with E-state index in [4.69, 9.17) is 0 Å². The molecule has 6 nitrogen and oxygen atoms in total. The molecule has 0 saturated carbocycles. The molecule has 1 aromatic rings. The number of carbonyl (C=O) groups excluding carboxylic acids is 1. The number of carbonyl (C=O) groups is 1. The Morgan fingerprint density at radius 3 is 2.50 bits per heavy atom. The second-order valence-electron chi connectivity index (χ2n) is 4.21. The molecule has 0 aliphatic heterocycles. The number of benzene rings is 1. The summed E-state index contributed by atoms with van der Waals surface area (Å²) in [6.45, 7) is 4.99. The molecule has 0 bridgehead atoms. The summed E-state index contributed by atoms with van der Waals surface area (Å²) in [4.78, 5) is 13.4. The van der Waals surface area contributed by atoms with Gasteiger partial charge in [-0.1, -0.05) is 6.07 Å². The molecule has 0 heterocycles. The third-order valence-electron chi connectivity index (χ3n) is 2.88. The van der Waals surface area contributed by atoms with Crippen LogP contribution in [0.3, 0.4) is 0 Å². The van der Waals surface area contributed by atoms with E-state index in [2.05, 4.69) is 4.72 Å². The molecule has 2 N–H and O–H groups in total. The second kappa shape index (κ2) is 7.25. The van der Waals surface area contributed by atoms with Crippen LogP contribution in [-0.2, 0) is 14.8 Å². The van der Waals surface area contributed by atoms with Gasteiger partial charge in [-0.05, 0) is 32.0 Å². The van der Waals surface area contributed by atoms with E-state index in [9.17, 15) is 18.3 Å². The third-order valence-corrected chi connectivity index (χ3v) is 4.33. The van der Waals surface area contributed by atoms with Gasteiger partial charge in [0.25, 0.3) is 0 Å². The molecule has 0 aliphatic rings. The van der Waals surface area contributed by atoms with E-state index in [0.717, 1.165) is 6.07 Å². The molecule has 20 heavy (non-hydrogen) atoms. The van der Waals surface area contributed by atoms with Gasteiger partial charge in [-0.15, -0.1) is 0 Å². The molecule has 1 rings (SSSR count). The molecular weight excluding hydrogens is 280 g/mol. The SMILES string of the molecule is CCN(CC)C(=O)CCNS(=O)(=O)c1cccc(O)c1. The first kappa shape index (κ1) is 16.5. The number of nitrogens with one attached hydrogen (secondary N) is 1. The fourth-order valence-electron chi connectivity index (χ4n) is 1.76. The summed E-state index contributed by atoms with van der Waals surface area (Å²) in [5.74, 6) is -0.208. The van der Waals surface area contributed by atoms with E-state index >= 15 is 0 Å². The summed E-state index contributed by atoms with van der Waals surface area (Å²) in [6, 6.07) is 5.39. The van der Waals surface area contributed by atoms with Crippen LogP contribution >= 0.6 is 0 Å². The van der Waals surface area contributed by atoms with Crippen LogP contribution in [0.25, 0.3) is 0 Å². The number of hydrogen-bond acceptors (Lipinski definition) is 4. The normalized spacial score (nSPS) is 11.3. The predicted octanol–water partition coefficient (Wildman–Crippen LogP) is 0.929. The summed E-state index contributed by atoms with van der Waals surface area (Å²) in [7, 11) is -3.70. The highest BCUT2D eigenvalue weighted by Crippen LogP contribution is 2.15. The lowest BCUT2D eigenvalue weighted by atomic mass is 10.3. The molecule has 0 atom stereocenters. The van der Waals surface area contributed by atoms with Crippen molar-refractivity contribution in [2.75, 3.05) is 19.6 Å². The molecule has 112 valence electrons. The minimum absolute atomic E-state index is 0.0206. The van der Waals surface area contributed by atoms with Crippen molar-refractivity contribution in [1.29, 1.82) is 0 Å². The van der Waals surface area contributed by atoms with Crippen molar-refractivity contribution in [3.8, 4) is 5.75 Å². The number of phenolic OH excluding ortho intramolecular Hbond substituents is 1. The molecule has 0 spiro atoms. The van der Waals surface area contributed by atoms with Crippen molar-refractivity contribution >= 4 is 15.9 Å². The van der Waals surface area contributed by atoms with E-state index in [0.29, 0.717) is 13.1 Å². The van der Waals surface area contributed by atoms with E-state index in [1.54, 1.807) is 4.90 Å². The van der Waals surface area contributed by atoms with Gasteiger partial charge in [0.2, 0.25) is 15.9 Å². The molecule has 0 saturated heterocycles.